The molecule has 0 aliphatic rings. The van der Waals surface area contributed by atoms with E-state index in [2.05, 4.69) is 42.1 Å². The Hall–Kier alpha value is -0.890. The van der Waals surface area contributed by atoms with Crippen LogP contribution in [0.25, 0.3) is 0 Å². The topological polar surface area (TPSA) is 13.1 Å². The molecule has 0 fully saturated rings. The fourth-order valence-corrected chi connectivity index (χ4v) is 2.52. The number of hydrogen-bond donors (Lipinski definition) is 0. The summed E-state index contributed by atoms with van der Waals surface area (Å²) in [5.74, 6) is 0. The molecule has 0 bridgehead atoms. The minimum Gasteiger partial charge on any atom is -0.381 e. The fraction of sp³-hybridized carbons (Fsp3) is 0.737. The molecule has 0 aromatic carbocycles. The van der Waals surface area contributed by atoms with Gasteiger partial charge in [-0.3, -0.25) is 0 Å². The van der Waals surface area contributed by atoms with E-state index in [1.807, 2.05) is 0 Å². The van der Waals surface area contributed by atoms with Crippen LogP contribution >= 0.6 is 0 Å². The average Bonchev–Trinajstić information content (AvgIpc) is 2.53. The monoisotopic (exact) mass is 292 g/mol. The van der Waals surface area contributed by atoms with Crippen LogP contribution in [-0.4, -0.2) is 13.2 Å². The lowest BCUT2D eigenvalue weighted by Gasteiger charge is -2.04. The molecule has 1 rings (SSSR count). The van der Waals surface area contributed by atoms with Gasteiger partial charge >= 0.3 is 0 Å². The lowest BCUT2D eigenvalue weighted by Crippen LogP contribution is -2.32. The number of aromatic nitrogens is 1. The number of nitrogens with zero attached hydrogens (tertiary/aromatic N) is 1. The van der Waals surface area contributed by atoms with E-state index >= 15 is 0 Å². The van der Waals surface area contributed by atoms with E-state index in [9.17, 15) is 0 Å². The summed E-state index contributed by atoms with van der Waals surface area (Å²) >= 11 is 0. The molecule has 0 saturated carbocycles. The Morgan fingerprint density at radius 3 is 1.90 bits per heavy atom. The van der Waals surface area contributed by atoms with E-state index in [4.69, 9.17) is 4.74 Å². The maximum Gasteiger partial charge on any atom is 0.168 e. The van der Waals surface area contributed by atoms with Crippen molar-refractivity contribution in [2.45, 2.75) is 77.7 Å². The Labute approximate surface area is 131 Å². The molecule has 0 aliphatic heterocycles. The highest BCUT2D eigenvalue weighted by Crippen LogP contribution is 2.06. The summed E-state index contributed by atoms with van der Waals surface area (Å²) in [4.78, 5) is 0. The maximum absolute atomic E-state index is 5.66. The molecule has 120 valence electrons. The molecule has 1 aromatic rings. The largest absolute Gasteiger partial charge is 0.381 e. The molecular weight excluding hydrogens is 258 g/mol. The van der Waals surface area contributed by atoms with Gasteiger partial charge in [0.15, 0.2) is 12.4 Å². The fourth-order valence-electron chi connectivity index (χ4n) is 2.52. The predicted molar refractivity (Wildman–Crippen MR) is 89.3 cm³/mol. The van der Waals surface area contributed by atoms with Crippen LogP contribution in [0.15, 0.2) is 30.6 Å². The molecule has 2 nitrogen and oxygen atoms in total. The molecule has 0 spiro atoms. The zero-order chi connectivity index (χ0) is 15.0. The smallest absolute Gasteiger partial charge is 0.168 e. The highest BCUT2D eigenvalue weighted by Gasteiger charge is 1.98. The maximum atomic E-state index is 5.66. The van der Waals surface area contributed by atoms with E-state index in [0.717, 1.165) is 19.8 Å². The summed E-state index contributed by atoms with van der Waals surface area (Å²) in [6.45, 7) is 5.33. The van der Waals surface area contributed by atoms with Crippen LogP contribution < -0.4 is 4.57 Å². The van der Waals surface area contributed by atoms with Crippen molar-refractivity contribution >= 4 is 0 Å². The SMILES string of the molecule is CCCCCCOCCCCCCCC[n+]1ccccc1. The second-order valence-electron chi connectivity index (χ2n) is 5.91. The first-order chi connectivity index (χ1) is 10.4. The van der Waals surface area contributed by atoms with Crippen molar-refractivity contribution in [1.29, 1.82) is 0 Å². The standard InChI is InChI=1S/C19H34NO/c1-2-3-4-13-18-21-19-14-8-6-5-7-10-15-20-16-11-9-12-17-20/h9,11-12,16-17H,2-8,10,13-15,18-19H2,1H3/q+1. The van der Waals surface area contributed by atoms with E-state index in [1.165, 1.54) is 64.2 Å². The van der Waals surface area contributed by atoms with Gasteiger partial charge in [-0.15, -0.1) is 0 Å². The molecule has 21 heavy (non-hydrogen) atoms. The second kappa shape index (κ2) is 14.1. The molecule has 0 saturated heterocycles. The van der Waals surface area contributed by atoms with Crippen molar-refractivity contribution in [3.05, 3.63) is 30.6 Å². The summed E-state index contributed by atoms with van der Waals surface area (Å²) in [6, 6.07) is 6.27. The van der Waals surface area contributed by atoms with Crippen molar-refractivity contribution < 1.29 is 9.30 Å². The highest BCUT2D eigenvalue weighted by atomic mass is 16.5. The first-order valence-electron chi connectivity index (χ1n) is 8.95. The Morgan fingerprint density at radius 1 is 0.667 bits per heavy atom. The van der Waals surface area contributed by atoms with Gasteiger partial charge in [0, 0.05) is 31.8 Å². The van der Waals surface area contributed by atoms with Gasteiger partial charge in [-0.05, 0) is 19.3 Å². The summed E-state index contributed by atoms with van der Waals surface area (Å²) < 4.78 is 7.93. The van der Waals surface area contributed by atoms with Gasteiger partial charge in [0.2, 0.25) is 0 Å². The number of ether oxygens (including phenoxy) is 1. The first-order valence-corrected chi connectivity index (χ1v) is 8.95. The Bertz CT molecular complexity index is 313. The van der Waals surface area contributed by atoms with E-state index in [1.54, 1.807) is 0 Å². The van der Waals surface area contributed by atoms with Crippen LogP contribution in [-0.2, 0) is 11.3 Å². The van der Waals surface area contributed by atoms with Crippen molar-refractivity contribution in [2.75, 3.05) is 13.2 Å². The molecule has 0 aliphatic carbocycles. The van der Waals surface area contributed by atoms with E-state index in [0.29, 0.717) is 0 Å². The second-order valence-corrected chi connectivity index (χ2v) is 5.91. The van der Waals surface area contributed by atoms with Gasteiger partial charge in [0.1, 0.15) is 6.54 Å². The summed E-state index contributed by atoms with van der Waals surface area (Å²) in [5, 5.41) is 0. The Kier molecular flexibility index (Phi) is 12.2. The quantitative estimate of drug-likeness (QED) is 0.351. The minimum absolute atomic E-state index is 0.964. The third-order valence-electron chi connectivity index (χ3n) is 3.87. The lowest BCUT2D eigenvalue weighted by atomic mass is 10.1. The molecule has 0 radical (unpaired) electrons. The van der Waals surface area contributed by atoms with Crippen molar-refractivity contribution in [2.24, 2.45) is 0 Å². The van der Waals surface area contributed by atoms with Crippen LogP contribution in [0.4, 0.5) is 0 Å². The van der Waals surface area contributed by atoms with Gasteiger partial charge in [-0.25, -0.2) is 4.57 Å². The number of hydrogen-bond acceptors (Lipinski definition) is 1. The van der Waals surface area contributed by atoms with Crippen LogP contribution in [0.5, 0.6) is 0 Å². The van der Waals surface area contributed by atoms with E-state index < -0.39 is 0 Å². The predicted octanol–water partition coefficient (Wildman–Crippen LogP) is 4.91. The Balaban J connectivity index is 1.75. The molecular formula is C19H34NO+. The van der Waals surface area contributed by atoms with Gasteiger partial charge in [0.25, 0.3) is 0 Å². The lowest BCUT2D eigenvalue weighted by molar-refractivity contribution is -0.697. The van der Waals surface area contributed by atoms with Gasteiger partial charge in [-0.1, -0.05) is 51.5 Å². The number of pyridine rings is 1. The van der Waals surface area contributed by atoms with Crippen molar-refractivity contribution in [3.8, 4) is 0 Å². The summed E-state index contributed by atoms with van der Waals surface area (Å²) in [7, 11) is 0. The van der Waals surface area contributed by atoms with Crippen LogP contribution in [0.3, 0.4) is 0 Å². The molecule has 1 aromatic heterocycles. The first kappa shape index (κ1) is 18.2. The normalized spacial score (nSPS) is 10.9. The van der Waals surface area contributed by atoms with Crippen LogP contribution in [0.2, 0.25) is 0 Å². The molecule has 0 atom stereocenters. The average molecular weight is 292 g/mol. The molecule has 0 amide bonds. The van der Waals surface area contributed by atoms with Crippen LogP contribution in [0, 0.1) is 0 Å². The molecule has 2 heteroatoms. The van der Waals surface area contributed by atoms with Crippen LogP contribution in [0.1, 0.15) is 71.1 Å². The van der Waals surface area contributed by atoms with Gasteiger partial charge < -0.3 is 4.74 Å². The van der Waals surface area contributed by atoms with Crippen molar-refractivity contribution in [3.63, 3.8) is 0 Å². The zero-order valence-corrected chi connectivity index (χ0v) is 13.9. The number of aryl methyl sites for hydroxylation is 1. The van der Waals surface area contributed by atoms with Gasteiger partial charge in [-0.2, -0.15) is 0 Å². The molecule has 0 N–H and O–H groups in total. The zero-order valence-electron chi connectivity index (χ0n) is 13.9. The third kappa shape index (κ3) is 11.4. The minimum atomic E-state index is 0.964. The van der Waals surface area contributed by atoms with Crippen molar-refractivity contribution in [1.82, 2.24) is 0 Å². The molecule has 0 unspecified atom stereocenters. The van der Waals surface area contributed by atoms with Gasteiger partial charge in [0.05, 0.1) is 0 Å². The summed E-state index contributed by atoms with van der Waals surface area (Å²) in [6.07, 6.45) is 17.5. The molecule has 1 heterocycles. The third-order valence-corrected chi connectivity index (χ3v) is 3.87. The number of rotatable bonds is 14. The highest BCUT2D eigenvalue weighted by molar-refractivity contribution is 4.83. The summed E-state index contributed by atoms with van der Waals surface area (Å²) in [5.41, 5.74) is 0. The van der Waals surface area contributed by atoms with E-state index in [-0.39, 0.29) is 0 Å². The Morgan fingerprint density at radius 2 is 1.24 bits per heavy atom. The number of unbranched alkanes of at least 4 members (excludes halogenated alkanes) is 8.